The smallest absolute Gasteiger partial charge is 0.191 e. The molecule has 2 unspecified atom stereocenters. The van der Waals surface area contributed by atoms with Crippen LogP contribution in [0.1, 0.15) is 51.9 Å². The van der Waals surface area contributed by atoms with Crippen LogP contribution >= 0.6 is 24.0 Å². The first-order chi connectivity index (χ1) is 9.53. The van der Waals surface area contributed by atoms with Crippen molar-refractivity contribution in [2.24, 2.45) is 16.6 Å². The Kier molecular flexibility index (Phi) is 7.74. The van der Waals surface area contributed by atoms with E-state index in [2.05, 4.69) is 30.8 Å². The van der Waals surface area contributed by atoms with Gasteiger partial charge in [0.05, 0.1) is 6.54 Å². The average Bonchev–Trinajstić information content (AvgIpc) is 2.45. The molecule has 1 aliphatic heterocycles. The van der Waals surface area contributed by atoms with E-state index in [1.165, 1.54) is 44.9 Å². The second-order valence-corrected chi connectivity index (χ2v) is 7.04. The van der Waals surface area contributed by atoms with Gasteiger partial charge in [0.1, 0.15) is 0 Å². The number of hydrogen-bond acceptors (Lipinski definition) is 2. The molecule has 0 aromatic rings. The molecule has 1 saturated carbocycles. The molecule has 21 heavy (non-hydrogen) atoms. The maximum atomic E-state index is 6.22. The summed E-state index contributed by atoms with van der Waals surface area (Å²) < 4.78 is 0. The summed E-state index contributed by atoms with van der Waals surface area (Å²) in [5, 5.41) is 0. The lowest BCUT2D eigenvalue weighted by Gasteiger charge is -2.44. The first kappa shape index (κ1) is 19.0. The van der Waals surface area contributed by atoms with Crippen molar-refractivity contribution in [3.8, 4) is 0 Å². The van der Waals surface area contributed by atoms with Crippen molar-refractivity contribution in [2.45, 2.75) is 57.4 Å². The highest BCUT2D eigenvalue weighted by Gasteiger charge is 2.36. The van der Waals surface area contributed by atoms with Crippen LogP contribution in [-0.4, -0.2) is 55.0 Å². The molecule has 0 aromatic carbocycles. The van der Waals surface area contributed by atoms with Crippen molar-refractivity contribution in [3.05, 3.63) is 0 Å². The predicted octanol–water partition coefficient (Wildman–Crippen LogP) is 2.92. The van der Waals surface area contributed by atoms with E-state index in [1.807, 2.05) is 0 Å². The van der Waals surface area contributed by atoms with Gasteiger partial charge in [0.15, 0.2) is 5.96 Å². The average molecular weight is 408 g/mol. The van der Waals surface area contributed by atoms with Crippen LogP contribution < -0.4 is 5.73 Å². The third kappa shape index (κ3) is 4.98. The van der Waals surface area contributed by atoms with Crippen LogP contribution in [0.2, 0.25) is 0 Å². The fourth-order valence-corrected chi connectivity index (χ4v) is 3.77. The van der Waals surface area contributed by atoms with Gasteiger partial charge < -0.3 is 15.5 Å². The van der Waals surface area contributed by atoms with E-state index in [1.54, 1.807) is 0 Å². The van der Waals surface area contributed by atoms with Crippen molar-refractivity contribution < 1.29 is 0 Å². The van der Waals surface area contributed by atoms with Gasteiger partial charge in [-0.15, -0.1) is 24.0 Å². The van der Waals surface area contributed by atoms with Gasteiger partial charge in [0, 0.05) is 18.6 Å². The molecule has 0 aromatic heterocycles. The highest BCUT2D eigenvalue weighted by molar-refractivity contribution is 14.0. The van der Waals surface area contributed by atoms with Crippen molar-refractivity contribution in [1.82, 2.24) is 9.80 Å². The zero-order chi connectivity index (χ0) is 14.6. The minimum atomic E-state index is 0. The van der Waals surface area contributed by atoms with Gasteiger partial charge in [-0.25, -0.2) is 0 Å². The maximum absolute atomic E-state index is 6.22. The lowest BCUT2D eigenvalue weighted by molar-refractivity contribution is 0.0842. The zero-order valence-electron chi connectivity index (χ0n) is 14.0. The molecular formula is C16H33IN4. The molecule has 124 valence electrons. The van der Waals surface area contributed by atoms with Crippen LogP contribution in [0, 0.1) is 5.92 Å². The van der Waals surface area contributed by atoms with Crippen LogP contribution in [0.15, 0.2) is 4.99 Å². The van der Waals surface area contributed by atoms with E-state index in [0.29, 0.717) is 0 Å². The largest absolute Gasteiger partial charge is 0.370 e. The van der Waals surface area contributed by atoms with Crippen LogP contribution in [0.3, 0.4) is 0 Å². The number of piperidine rings is 1. The van der Waals surface area contributed by atoms with Gasteiger partial charge in [0.25, 0.3) is 0 Å². The Morgan fingerprint density at radius 2 is 1.90 bits per heavy atom. The molecule has 2 atom stereocenters. The summed E-state index contributed by atoms with van der Waals surface area (Å²) in [4.78, 5) is 9.43. The van der Waals surface area contributed by atoms with E-state index in [9.17, 15) is 0 Å². The molecule has 1 aliphatic carbocycles. The van der Waals surface area contributed by atoms with Crippen LogP contribution in [0.4, 0.5) is 0 Å². The zero-order valence-corrected chi connectivity index (χ0v) is 16.3. The van der Waals surface area contributed by atoms with Crippen LogP contribution in [-0.2, 0) is 0 Å². The second-order valence-electron chi connectivity index (χ2n) is 7.04. The molecule has 4 nitrogen and oxygen atoms in total. The van der Waals surface area contributed by atoms with Gasteiger partial charge in [-0.2, -0.15) is 0 Å². The Bertz CT molecular complexity index is 339. The maximum Gasteiger partial charge on any atom is 0.191 e. The molecule has 0 radical (unpaired) electrons. The number of aliphatic imine (C=N–C) groups is 1. The third-order valence-electron chi connectivity index (χ3n) is 5.23. The summed E-state index contributed by atoms with van der Waals surface area (Å²) >= 11 is 0. The number of rotatable bonds is 3. The number of hydrogen-bond donors (Lipinski definition) is 1. The minimum Gasteiger partial charge on any atom is -0.370 e. The Hall–Kier alpha value is -0.0400. The monoisotopic (exact) mass is 408 g/mol. The molecule has 2 rings (SSSR count). The van der Waals surface area contributed by atoms with Gasteiger partial charge in [-0.05, 0) is 52.1 Å². The molecule has 2 aliphatic rings. The molecule has 1 heterocycles. The van der Waals surface area contributed by atoms with Crippen molar-refractivity contribution in [2.75, 3.05) is 33.7 Å². The SMILES string of the molecule is CC1CCCC(CN=C(N)N2CCCCC2)(N(C)C)C1.I. The minimum absolute atomic E-state index is 0. The summed E-state index contributed by atoms with van der Waals surface area (Å²) in [7, 11) is 4.40. The summed E-state index contributed by atoms with van der Waals surface area (Å²) in [6, 6.07) is 0. The summed E-state index contributed by atoms with van der Waals surface area (Å²) in [6.45, 7) is 5.39. The number of halogens is 1. The summed E-state index contributed by atoms with van der Waals surface area (Å²) in [5.74, 6) is 1.57. The number of nitrogens with zero attached hydrogens (tertiary/aromatic N) is 3. The molecular weight excluding hydrogens is 375 g/mol. The molecule has 2 fully saturated rings. The van der Waals surface area contributed by atoms with Crippen LogP contribution in [0.5, 0.6) is 0 Å². The number of likely N-dealkylation sites (N-methyl/N-ethyl adjacent to an activating group) is 1. The normalized spacial score (nSPS) is 31.1. The first-order valence-corrected chi connectivity index (χ1v) is 8.26. The number of guanidine groups is 1. The van der Waals surface area contributed by atoms with Crippen molar-refractivity contribution in [1.29, 1.82) is 0 Å². The summed E-state index contributed by atoms with van der Waals surface area (Å²) in [5.41, 5.74) is 6.44. The highest BCUT2D eigenvalue weighted by atomic mass is 127. The summed E-state index contributed by atoms with van der Waals surface area (Å²) in [6.07, 6.45) is 9.03. The lowest BCUT2D eigenvalue weighted by atomic mass is 9.75. The first-order valence-electron chi connectivity index (χ1n) is 8.26. The molecule has 2 N–H and O–H groups in total. The molecule has 5 heteroatoms. The number of likely N-dealkylation sites (tertiary alicyclic amines) is 1. The standard InChI is InChI=1S/C16H32N4.HI/c1-14-8-7-9-16(12-14,19(2)3)13-18-15(17)20-10-5-4-6-11-20;/h14H,4-13H2,1-3H3,(H2,17,18);1H. The lowest BCUT2D eigenvalue weighted by Crippen LogP contribution is -2.51. The second kappa shape index (κ2) is 8.56. The Balaban J connectivity index is 0.00000220. The van der Waals surface area contributed by atoms with E-state index in [4.69, 9.17) is 10.7 Å². The predicted molar refractivity (Wildman–Crippen MR) is 101 cm³/mol. The Labute approximate surface area is 147 Å². The highest BCUT2D eigenvalue weighted by Crippen LogP contribution is 2.35. The molecule has 0 amide bonds. The topological polar surface area (TPSA) is 44.9 Å². The van der Waals surface area contributed by atoms with E-state index >= 15 is 0 Å². The Morgan fingerprint density at radius 3 is 2.48 bits per heavy atom. The van der Waals surface area contributed by atoms with E-state index < -0.39 is 0 Å². The van der Waals surface area contributed by atoms with E-state index in [0.717, 1.165) is 31.5 Å². The van der Waals surface area contributed by atoms with Gasteiger partial charge in [0.2, 0.25) is 0 Å². The fraction of sp³-hybridized carbons (Fsp3) is 0.938. The number of nitrogens with two attached hydrogens (primary N) is 1. The Morgan fingerprint density at radius 1 is 1.24 bits per heavy atom. The molecule has 1 saturated heterocycles. The van der Waals surface area contributed by atoms with E-state index in [-0.39, 0.29) is 29.5 Å². The molecule has 0 spiro atoms. The third-order valence-corrected chi connectivity index (χ3v) is 5.23. The van der Waals surface area contributed by atoms with Crippen molar-refractivity contribution >= 4 is 29.9 Å². The van der Waals surface area contributed by atoms with Crippen LogP contribution in [0.25, 0.3) is 0 Å². The fourth-order valence-electron chi connectivity index (χ4n) is 3.77. The van der Waals surface area contributed by atoms with Gasteiger partial charge in [-0.3, -0.25) is 4.99 Å². The van der Waals surface area contributed by atoms with Crippen molar-refractivity contribution in [3.63, 3.8) is 0 Å². The van der Waals surface area contributed by atoms with Gasteiger partial charge >= 0.3 is 0 Å². The molecule has 0 bridgehead atoms. The van der Waals surface area contributed by atoms with Gasteiger partial charge in [-0.1, -0.05) is 19.8 Å². The quantitative estimate of drug-likeness (QED) is 0.444.